The molecule has 0 amide bonds. The zero-order valence-electron chi connectivity index (χ0n) is 16.2. The number of hydrogen-bond acceptors (Lipinski definition) is 4. The van der Waals surface area contributed by atoms with Gasteiger partial charge in [0.15, 0.2) is 5.96 Å². The maximum atomic E-state index is 5.96. The highest BCUT2D eigenvalue weighted by atomic mass is 127. The van der Waals surface area contributed by atoms with Crippen molar-refractivity contribution in [2.24, 2.45) is 4.99 Å². The van der Waals surface area contributed by atoms with E-state index in [0.717, 1.165) is 43.5 Å². The quantitative estimate of drug-likeness (QED) is 0.388. The molecule has 1 aliphatic rings. The summed E-state index contributed by atoms with van der Waals surface area (Å²) in [7, 11) is 1.83. The van der Waals surface area contributed by atoms with Crippen molar-refractivity contribution in [2.45, 2.75) is 38.7 Å². The Bertz CT molecular complexity index is 695. The molecule has 0 bridgehead atoms. The number of nitrogens with one attached hydrogen (secondary N) is 2. The van der Waals surface area contributed by atoms with E-state index in [9.17, 15) is 0 Å². The van der Waals surface area contributed by atoms with Crippen molar-refractivity contribution in [1.82, 2.24) is 25.4 Å². The molecule has 1 fully saturated rings. The standard InChI is InChI=1S/C19H28N6O.HI/c1-14-4-6-17(7-5-14)26-15(2)12-21-19(20-3)25-10-8-16(9-11-25)18-22-13-23-24-18;/h4-7,13,15-16H,8-12H2,1-3H3,(H,20,21)(H,22,23,24);1H. The fourth-order valence-electron chi connectivity index (χ4n) is 3.23. The van der Waals surface area contributed by atoms with Gasteiger partial charge in [-0.1, -0.05) is 17.7 Å². The van der Waals surface area contributed by atoms with Crippen LogP contribution >= 0.6 is 24.0 Å². The number of guanidine groups is 1. The molecule has 1 unspecified atom stereocenters. The predicted molar refractivity (Wildman–Crippen MR) is 118 cm³/mol. The molecule has 2 heterocycles. The summed E-state index contributed by atoms with van der Waals surface area (Å²) in [4.78, 5) is 11.0. The fourth-order valence-corrected chi connectivity index (χ4v) is 3.23. The molecule has 2 N–H and O–H groups in total. The minimum absolute atomic E-state index is 0. The molecule has 7 nitrogen and oxygen atoms in total. The second kappa shape index (κ2) is 10.5. The summed E-state index contributed by atoms with van der Waals surface area (Å²) in [5.41, 5.74) is 1.23. The summed E-state index contributed by atoms with van der Waals surface area (Å²) < 4.78 is 5.96. The van der Waals surface area contributed by atoms with Gasteiger partial charge in [-0.3, -0.25) is 10.1 Å². The van der Waals surface area contributed by atoms with Crippen LogP contribution in [-0.4, -0.2) is 58.8 Å². The molecule has 1 atom stereocenters. The number of ether oxygens (including phenoxy) is 1. The van der Waals surface area contributed by atoms with Gasteiger partial charge in [-0.2, -0.15) is 5.10 Å². The molecule has 27 heavy (non-hydrogen) atoms. The van der Waals surface area contributed by atoms with Crippen LogP contribution in [0.4, 0.5) is 0 Å². The van der Waals surface area contributed by atoms with Crippen LogP contribution < -0.4 is 10.1 Å². The highest BCUT2D eigenvalue weighted by Crippen LogP contribution is 2.24. The second-order valence-electron chi connectivity index (χ2n) is 6.80. The summed E-state index contributed by atoms with van der Waals surface area (Å²) in [6, 6.07) is 8.14. The van der Waals surface area contributed by atoms with Crippen molar-refractivity contribution < 1.29 is 4.74 Å². The van der Waals surface area contributed by atoms with Crippen LogP contribution in [0.5, 0.6) is 5.75 Å². The van der Waals surface area contributed by atoms with Gasteiger partial charge in [0.05, 0.1) is 6.54 Å². The van der Waals surface area contributed by atoms with Crippen molar-refractivity contribution in [3.05, 3.63) is 42.0 Å². The first-order chi connectivity index (χ1) is 12.7. The van der Waals surface area contributed by atoms with Crippen molar-refractivity contribution in [3.63, 3.8) is 0 Å². The van der Waals surface area contributed by atoms with Crippen molar-refractivity contribution >= 4 is 29.9 Å². The van der Waals surface area contributed by atoms with E-state index < -0.39 is 0 Å². The number of halogens is 1. The third-order valence-electron chi connectivity index (χ3n) is 4.73. The van der Waals surface area contributed by atoms with Crippen LogP contribution in [0.25, 0.3) is 0 Å². The Balaban J connectivity index is 0.00000261. The maximum Gasteiger partial charge on any atom is 0.193 e. The molecule has 3 rings (SSSR count). The van der Waals surface area contributed by atoms with Crippen molar-refractivity contribution in [2.75, 3.05) is 26.7 Å². The topological polar surface area (TPSA) is 78.4 Å². The fraction of sp³-hybridized carbons (Fsp3) is 0.526. The van der Waals surface area contributed by atoms with Gasteiger partial charge in [0, 0.05) is 26.1 Å². The monoisotopic (exact) mass is 484 g/mol. The van der Waals surface area contributed by atoms with Crippen LogP contribution in [0.15, 0.2) is 35.6 Å². The second-order valence-corrected chi connectivity index (χ2v) is 6.80. The van der Waals surface area contributed by atoms with Crippen molar-refractivity contribution in [3.8, 4) is 5.75 Å². The number of aliphatic imine (C=N–C) groups is 1. The smallest absolute Gasteiger partial charge is 0.193 e. The molecule has 0 radical (unpaired) electrons. The van der Waals surface area contributed by atoms with E-state index in [-0.39, 0.29) is 30.1 Å². The molecule has 2 aromatic rings. The molecule has 1 aromatic heterocycles. The molecule has 1 aromatic carbocycles. The first-order valence-electron chi connectivity index (χ1n) is 9.20. The lowest BCUT2D eigenvalue weighted by Crippen LogP contribution is -2.47. The van der Waals surface area contributed by atoms with Crippen LogP contribution in [0.2, 0.25) is 0 Å². The lowest BCUT2D eigenvalue weighted by Gasteiger charge is -2.33. The molecular weight excluding hydrogens is 455 g/mol. The Labute approximate surface area is 178 Å². The van der Waals surface area contributed by atoms with E-state index in [4.69, 9.17) is 4.74 Å². The van der Waals surface area contributed by atoms with E-state index >= 15 is 0 Å². The Morgan fingerprint density at radius 1 is 1.33 bits per heavy atom. The molecule has 1 saturated heterocycles. The number of aromatic nitrogens is 3. The summed E-state index contributed by atoms with van der Waals surface area (Å²) >= 11 is 0. The summed E-state index contributed by atoms with van der Waals surface area (Å²) in [6.45, 7) is 6.76. The van der Waals surface area contributed by atoms with Gasteiger partial charge >= 0.3 is 0 Å². The molecule has 1 aliphatic heterocycles. The van der Waals surface area contributed by atoms with Gasteiger partial charge in [0.25, 0.3) is 0 Å². The summed E-state index contributed by atoms with van der Waals surface area (Å²) in [6.07, 6.45) is 3.73. The van der Waals surface area contributed by atoms with E-state index in [0.29, 0.717) is 12.5 Å². The molecule has 8 heteroatoms. The number of hydrogen-bond donors (Lipinski definition) is 2. The third-order valence-corrected chi connectivity index (χ3v) is 4.73. The molecule has 0 spiro atoms. The van der Waals surface area contributed by atoms with Gasteiger partial charge < -0.3 is 15.0 Å². The lowest BCUT2D eigenvalue weighted by molar-refractivity contribution is 0.220. The van der Waals surface area contributed by atoms with Crippen LogP contribution in [0.1, 0.15) is 37.1 Å². The molecule has 0 saturated carbocycles. The average Bonchev–Trinajstić information content (AvgIpc) is 3.19. The number of H-pyrrole nitrogens is 1. The highest BCUT2D eigenvalue weighted by molar-refractivity contribution is 14.0. The zero-order valence-corrected chi connectivity index (χ0v) is 18.5. The minimum atomic E-state index is 0. The number of benzene rings is 1. The number of aromatic amines is 1. The normalized spacial score (nSPS) is 16.6. The van der Waals surface area contributed by atoms with Gasteiger partial charge in [0.2, 0.25) is 0 Å². The number of likely N-dealkylation sites (tertiary alicyclic amines) is 1. The van der Waals surface area contributed by atoms with Crippen LogP contribution in [0.3, 0.4) is 0 Å². The van der Waals surface area contributed by atoms with Gasteiger partial charge in [0.1, 0.15) is 24.0 Å². The Kier molecular flexibility index (Phi) is 8.33. The van der Waals surface area contributed by atoms with E-state index in [2.05, 4.69) is 56.4 Å². The van der Waals surface area contributed by atoms with Crippen molar-refractivity contribution in [1.29, 1.82) is 0 Å². The number of aryl methyl sites for hydroxylation is 1. The molecule has 0 aliphatic carbocycles. The van der Waals surface area contributed by atoms with Crippen LogP contribution in [-0.2, 0) is 0 Å². The summed E-state index contributed by atoms with van der Waals surface area (Å²) in [5.74, 6) is 3.27. The van der Waals surface area contributed by atoms with E-state index in [1.807, 2.05) is 19.2 Å². The van der Waals surface area contributed by atoms with E-state index in [1.54, 1.807) is 6.33 Å². The average molecular weight is 484 g/mol. The zero-order chi connectivity index (χ0) is 18.4. The number of nitrogens with zero attached hydrogens (tertiary/aromatic N) is 4. The van der Waals surface area contributed by atoms with E-state index in [1.165, 1.54) is 5.56 Å². The Morgan fingerprint density at radius 2 is 2.04 bits per heavy atom. The largest absolute Gasteiger partial charge is 0.489 e. The Hall–Kier alpha value is -1.84. The van der Waals surface area contributed by atoms with Crippen LogP contribution in [0, 0.1) is 6.92 Å². The number of rotatable bonds is 5. The Morgan fingerprint density at radius 3 is 2.63 bits per heavy atom. The highest BCUT2D eigenvalue weighted by Gasteiger charge is 2.24. The first kappa shape index (κ1) is 21.5. The maximum absolute atomic E-state index is 5.96. The van der Waals surface area contributed by atoms with Gasteiger partial charge in [-0.15, -0.1) is 24.0 Å². The molecule has 148 valence electrons. The SMILES string of the molecule is CN=C(NCC(C)Oc1ccc(C)cc1)N1CCC(c2ncn[nH]2)CC1.I. The van der Waals surface area contributed by atoms with Gasteiger partial charge in [-0.05, 0) is 38.8 Å². The third kappa shape index (κ3) is 6.08. The summed E-state index contributed by atoms with van der Waals surface area (Å²) in [5, 5.41) is 10.4. The van der Waals surface area contributed by atoms with Gasteiger partial charge in [-0.25, -0.2) is 4.98 Å². The lowest BCUT2D eigenvalue weighted by atomic mass is 9.96. The number of piperidine rings is 1. The predicted octanol–water partition coefficient (Wildman–Crippen LogP) is 2.95. The first-order valence-corrected chi connectivity index (χ1v) is 9.20. The minimum Gasteiger partial charge on any atom is -0.489 e. The molecular formula is C19H29IN6O.